The monoisotopic (exact) mass is 280 g/mol. The van der Waals surface area contributed by atoms with E-state index in [-0.39, 0.29) is 0 Å². The standard InChI is InChI=1S/C9H16N2.C4H6.C3H8.C2H6/c1-6(2)9-7(3)8(4)11(5)10-9;1-3-4-2;1-3-2;1-2/h6H,1-5H3;3-4H,1-2H2;3H2,1-2H3;1-2H3. The maximum Gasteiger partial charge on any atom is 0.0681 e. The maximum atomic E-state index is 4.43. The Bertz CT molecular complexity index is 341. The van der Waals surface area contributed by atoms with Crippen molar-refractivity contribution in [2.75, 3.05) is 0 Å². The van der Waals surface area contributed by atoms with E-state index in [4.69, 9.17) is 0 Å². The van der Waals surface area contributed by atoms with Crippen LogP contribution in [0.5, 0.6) is 0 Å². The molecule has 0 aliphatic rings. The van der Waals surface area contributed by atoms with Crippen molar-refractivity contribution in [2.45, 2.75) is 67.7 Å². The number of hydrogen-bond acceptors (Lipinski definition) is 1. The fraction of sp³-hybridized carbons (Fsp3) is 0.611. The van der Waals surface area contributed by atoms with E-state index in [0.717, 1.165) is 0 Å². The predicted octanol–water partition coefficient (Wildman–Crippen LogP) is 5.96. The van der Waals surface area contributed by atoms with E-state index in [2.05, 4.69) is 59.8 Å². The van der Waals surface area contributed by atoms with Crippen molar-refractivity contribution in [1.82, 2.24) is 9.78 Å². The lowest BCUT2D eigenvalue weighted by Gasteiger charge is -1.99. The Balaban J connectivity index is -0.000000269. The molecule has 2 heteroatoms. The number of hydrogen-bond donors (Lipinski definition) is 0. The Morgan fingerprint density at radius 2 is 1.45 bits per heavy atom. The molecule has 0 fully saturated rings. The van der Waals surface area contributed by atoms with Crippen molar-refractivity contribution in [3.8, 4) is 0 Å². The van der Waals surface area contributed by atoms with Crippen molar-refractivity contribution in [3.63, 3.8) is 0 Å². The van der Waals surface area contributed by atoms with Gasteiger partial charge in [0, 0.05) is 12.7 Å². The van der Waals surface area contributed by atoms with E-state index in [1.165, 1.54) is 23.4 Å². The van der Waals surface area contributed by atoms with Crippen molar-refractivity contribution < 1.29 is 0 Å². The van der Waals surface area contributed by atoms with Crippen molar-refractivity contribution >= 4 is 0 Å². The van der Waals surface area contributed by atoms with Gasteiger partial charge in [-0.3, -0.25) is 4.68 Å². The Morgan fingerprint density at radius 1 is 1.10 bits per heavy atom. The first-order valence-electron chi connectivity index (χ1n) is 7.60. The Morgan fingerprint density at radius 3 is 1.55 bits per heavy atom. The highest BCUT2D eigenvalue weighted by Crippen LogP contribution is 2.19. The molecular weight excluding hydrogens is 244 g/mol. The molecule has 0 aromatic carbocycles. The van der Waals surface area contributed by atoms with Gasteiger partial charge in [-0.1, -0.05) is 73.3 Å². The van der Waals surface area contributed by atoms with E-state index in [1.807, 2.05) is 25.6 Å². The first-order chi connectivity index (χ1) is 9.37. The number of aromatic nitrogens is 2. The molecule has 1 aromatic rings. The lowest BCUT2D eigenvalue weighted by atomic mass is 10.1. The molecule has 1 rings (SSSR count). The average molecular weight is 280 g/mol. The Hall–Kier alpha value is -1.31. The smallest absolute Gasteiger partial charge is 0.0681 e. The van der Waals surface area contributed by atoms with Crippen molar-refractivity contribution in [3.05, 3.63) is 42.3 Å². The highest BCUT2D eigenvalue weighted by molar-refractivity contribution is 5.25. The van der Waals surface area contributed by atoms with Crippen LogP contribution < -0.4 is 0 Å². The summed E-state index contributed by atoms with van der Waals surface area (Å²) in [5.41, 5.74) is 3.83. The van der Waals surface area contributed by atoms with Crippen LogP contribution in [-0.4, -0.2) is 9.78 Å². The van der Waals surface area contributed by atoms with Gasteiger partial charge in [-0.2, -0.15) is 5.10 Å². The normalized spacial score (nSPS) is 8.30. The summed E-state index contributed by atoms with van der Waals surface area (Å²) in [6.45, 7) is 23.6. The largest absolute Gasteiger partial charge is 0.272 e. The fourth-order valence-electron chi connectivity index (χ4n) is 1.29. The highest BCUT2D eigenvalue weighted by Gasteiger charge is 2.10. The first kappa shape index (κ1) is 23.8. The van der Waals surface area contributed by atoms with Gasteiger partial charge in [0.05, 0.1) is 5.69 Å². The van der Waals surface area contributed by atoms with Gasteiger partial charge in [-0.15, -0.1) is 0 Å². The van der Waals surface area contributed by atoms with Crippen molar-refractivity contribution in [1.29, 1.82) is 0 Å². The third-order valence-corrected chi connectivity index (χ3v) is 2.38. The topological polar surface area (TPSA) is 17.8 Å². The molecule has 0 aliphatic heterocycles. The summed E-state index contributed by atoms with van der Waals surface area (Å²) in [6, 6.07) is 0. The molecule has 0 amide bonds. The van der Waals surface area contributed by atoms with Gasteiger partial charge >= 0.3 is 0 Å². The van der Waals surface area contributed by atoms with E-state index < -0.39 is 0 Å². The fourth-order valence-corrected chi connectivity index (χ4v) is 1.29. The lowest BCUT2D eigenvalue weighted by Crippen LogP contribution is -1.94. The third-order valence-electron chi connectivity index (χ3n) is 2.38. The summed E-state index contributed by atoms with van der Waals surface area (Å²) in [7, 11) is 1.99. The maximum absolute atomic E-state index is 4.43. The van der Waals surface area contributed by atoms with Crippen LogP contribution in [0.4, 0.5) is 0 Å². The summed E-state index contributed by atoms with van der Waals surface area (Å²) in [4.78, 5) is 0. The van der Waals surface area contributed by atoms with Crippen LogP contribution in [0, 0.1) is 13.8 Å². The molecule has 1 heterocycles. The SMILES string of the molecule is C=CC=C.CC.CCC.Cc1c(C(C)C)nn(C)c1C. The van der Waals surface area contributed by atoms with Gasteiger partial charge in [0.2, 0.25) is 0 Å². The summed E-state index contributed by atoms with van der Waals surface area (Å²) < 4.78 is 1.95. The van der Waals surface area contributed by atoms with E-state index >= 15 is 0 Å². The molecule has 0 saturated carbocycles. The quantitative estimate of drug-likeness (QED) is 0.611. The summed E-state index contributed by atoms with van der Waals surface area (Å²) in [5, 5.41) is 4.43. The molecule has 20 heavy (non-hydrogen) atoms. The van der Waals surface area contributed by atoms with Crippen LogP contribution in [0.15, 0.2) is 25.3 Å². The van der Waals surface area contributed by atoms with Gasteiger partial charge in [0.15, 0.2) is 0 Å². The first-order valence-corrected chi connectivity index (χ1v) is 7.60. The molecule has 0 bridgehead atoms. The van der Waals surface area contributed by atoms with E-state index in [0.29, 0.717) is 5.92 Å². The molecular formula is C18H36N2. The molecule has 0 aliphatic carbocycles. The Labute approximate surface area is 127 Å². The minimum absolute atomic E-state index is 0.537. The summed E-state index contributed by atoms with van der Waals surface area (Å²) in [6.07, 6.45) is 4.53. The second-order valence-electron chi connectivity index (χ2n) is 4.55. The van der Waals surface area contributed by atoms with Crippen LogP contribution in [0.3, 0.4) is 0 Å². The van der Waals surface area contributed by atoms with Gasteiger partial charge in [0.1, 0.15) is 0 Å². The van der Waals surface area contributed by atoms with Gasteiger partial charge < -0.3 is 0 Å². The van der Waals surface area contributed by atoms with Crippen molar-refractivity contribution in [2.24, 2.45) is 7.05 Å². The molecule has 1 aromatic heterocycles. The highest BCUT2D eigenvalue weighted by atomic mass is 15.3. The molecule has 2 nitrogen and oxygen atoms in total. The molecule has 0 saturated heterocycles. The zero-order valence-electron chi connectivity index (χ0n) is 15.2. The zero-order chi connectivity index (χ0) is 16.7. The van der Waals surface area contributed by atoms with Gasteiger partial charge in [-0.25, -0.2) is 0 Å². The lowest BCUT2D eigenvalue weighted by molar-refractivity contribution is 0.698. The molecule has 0 N–H and O–H groups in total. The minimum atomic E-state index is 0.537. The molecule has 0 radical (unpaired) electrons. The van der Waals surface area contributed by atoms with Crippen LogP contribution in [-0.2, 0) is 7.05 Å². The van der Waals surface area contributed by atoms with Crippen LogP contribution in [0.25, 0.3) is 0 Å². The molecule has 0 atom stereocenters. The van der Waals surface area contributed by atoms with Gasteiger partial charge in [-0.05, 0) is 25.3 Å². The number of nitrogens with zero attached hydrogens (tertiary/aromatic N) is 2. The van der Waals surface area contributed by atoms with Crippen LogP contribution in [0.1, 0.15) is 70.8 Å². The zero-order valence-corrected chi connectivity index (χ0v) is 15.2. The second kappa shape index (κ2) is 15.7. The summed E-state index contributed by atoms with van der Waals surface area (Å²) >= 11 is 0. The van der Waals surface area contributed by atoms with Gasteiger partial charge in [0.25, 0.3) is 0 Å². The van der Waals surface area contributed by atoms with E-state index in [1.54, 1.807) is 12.2 Å². The minimum Gasteiger partial charge on any atom is -0.272 e. The average Bonchev–Trinajstić information content (AvgIpc) is 2.70. The molecule has 0 unspecified atom stereocenters. The number of aryl methyl sites for hydroxylation is 1. The molecule has 0 spiro atoms. The predicted molar refractivity (Wildman–Crippen MR) is 94.5 cm³/mol. The second-order valence-corrected chi connectivity index (χ2v) is 4.55. The van der Waals surface area contributed by atoms with E-state index in [9.17, 15) is 0 Å². The number of allylic oxidation sites excluding steroid dienone is 2. The van der Waals surface area contributed by atoms with Crippen LogP contribution >= 0.6 is 0 Å². The summed E-state index contributed by atoms with van der Waals surface area (Å²) in [5.74, 6) is 0.537. The van der Waals surface area contributed by atoms with Crippen LogP contribution in [0.2, 0.25) is 0 Å². The molecule has 118 valence electrons. The third kappa shape index (κ3) is 10.6. The Kier molecular flexibility index (Phi) is 18.7. The number of rotatable bonds is 2.